The highest BCUT2D eigenvalue weighted by Gasteiger charge is 2.15. The van der Waals surface area contributed by atoms with Gasteiger partial charge in [-0.2, -0.15) is 0 Å². The second-order valence-corrected chi connectivity index (χ2v) is 5.67. The van der Waals surface area contributed by atoms with E-state index in [1.807, 2.05) is 6.92 Å². The van der Waals surface area contributed by atoms with Crippen LogP contribution < -0.4 is 5.32 Å². The quantitative estimate of drug-likeness (QED) is 0.783. The van der Waals surface area contributed by atoms with Crippen LogP contribution in [0.15, 0.2) is 47.4 Å². The highest BCUT2D eigenvalue weighted by molar-refractivity contribution is 7.99. The molecular formula is C16H16FNO2S. The second-order valence-electron chi connectivity index (χ2n) is 4.36. The molecule has 0 fully saturated rings. The van der Waals surface area contributed by atoms with Gasteiger partial charge in [-0.05, 0) is 24.0 Å². The van der Waals surface area contributed by atoms with Crippen LogP contribution >= 0.6 is 11.8 Å². The summed E-state index contributed by atoms with van der Waals surface area (Å²) < 4.78 is 13.6. The van der Waals surface area contributed by atoms with Gasteiger partial charge >= 0.3 is 5.97 Å². The molecule has 0 aromatic heterocycles. The number of aromatic carboxylic acids is 1. The van der Waals surface area contributed by atoms with Gasteiger partial charge in [-0.25, -0.2) is 9.18 Å². The Morgan fingerprint density at radius 2 is 2.00 bits per heavy atom. The summed E-state index contributed by atoms with van der Waals surface area (Å²) >= 11 is 1.47. The van der Waals surface area contributed by atoms with Crippen molar-refractivity contribution in [2.75, 3.05) is 11.1 Å². The molecular weight excluding hydrogens is 289 g/mol. The molecule has 0 aliphatic heterocycles. The lowest BCUT2D eigenvalue weighted by molar-refractivity contribution is 0.0694. The van der Waals surface area contributed by atoms with Gasteiger partial charge < -0.3 is 10.4 Å². The Bertz CT molecular complexity index is 646. The molecule has 0 aliphatic carbocycles. The summed E-state index contributed by atoms with van der Waals surface area (Å²) in [6.07, 6.45) is 0. The number of hydrogen-bond acceptors (Lipinski definition) is 3. The van der Waals surface area contributed by atoms with Crippen LogP contribution in [0.1, 0.15) is 22.8 Å². The molecule has 0 amide bonds. The van der Waals surface area contributed by atoms with Crippen LogP contribution in [0.4, 0.5) is 10.1 Å². The van der Waals surface area contributed by atoms with Gasteiger partial charge in [0.25, 0.3) is 0 Å². The molecule has 0 unspecified atom stereocenters. The van der Waals surface area contributed by atoms with Gasteiger partial charge in [-0.3, -0.25) is 0 Å². The first-order valence-corrected chi connectivity index (χ1v) is 7.58. The summed E-state index contributed by atoms with van der Waals surface area (Å²) in [5, 5.41) is 12.4. The number of thioether (sulfide) groups is 1. The third kappa shape index (κ3) is 3.76. The summed E-state index contributed by atoms with van der Waals surface area (Å²) in [4.78, 5) is 12.2. The third-order valence-electron chi connectivity index (χ3n) is 2.97. The molecule has 0 bridgehead atoms. The third-order valence-corrected chi connectivity index (χ3v) is 3.91. The fraction of sp³-hybridized carbons (Fsp3) is 0.188. The van der Waals surface area contributed by atoms with Crippen LogP contribution in [0.2, 0.25) is 0 Å². The Balaban J connectivity index is 2.25. The standard InChI is InChI=1S/C16H16FNO2S/c1-2-21-14-9-5-8-13(15(14)16(19)20)18-10-11-6-3-4-7-12(11)17/h3-9,18H,2,10H2,1H3,(H,19,20). The van der Waals surface area contributed by atoms with E-state index in [9.17, 15) is 14.3 Å². The largest absolute Gasteiger partial charge is 0.478 e. The fourth-order valence-electron chi connectivity index (χ4n) is 2.01. The van der Waals surface area contributed by atoms with Crippen molar-refractivity contribution in [1.29, 1.82) is 0 Å². The number of benzene rings is 2. The van der Waals surface area contributed by atoms with Crippen molar-refractivity contribution < 1.29 is 14.3 Å². The molecule has 5 heteroatoms. The zero-order valence-corrected chi connectivity index (χ0v) is 12.4. The zero-order chi connectivity index (χ0) is 15.2. The normalized spacial score (nSPS) is 10.4. The average Bonchev–Trinajstić information content (AvgIpc) is 2.46. The zero-order valence-electron chi connectivity index (χ0n) is 11.6. The number of rotatable bonds is 6. The van der Waals surface area contributed by atoms with E-state index in [4.69, 9.17) is 0 Å². The predicted octanol–water partition coefficient (Wildman–Crippen LogP) is 4.25. The van der Waals surface area contributed by atoms with Crippen molar-refractivity contribution >= 4 is 23.4 Å². The molecule has 0 spiro atoms. The van der Waals surface area contributed by atoms with Crippen molar-refractivity contribution in [2.45, 2.75) is 18.4 Å². The highest BCUT2D eigenvalue weighted by atomic mass is 32.2. The van der Waals surface area contributed by atoms with E-state index in [1.54, 1.807) is 36.4 Å². The van der Waals surface area contributed by atoms with E-state index in [1.165, 1.54) is 17.8 Å². The Morgan fingerprint density at radius 1 is 1.24 bits per heavy atom. The number of carbonyl (C=O) groups is 1. The number of carboxylic acid groups (broad SMARTS) is 1. The Hall–Kier alpha value is -2.01. The SMILES string of the molecule is CCSc1cccc(NCc2ccccc2F)c1C(=O)O. The van der Waals surface area contributed by atoms with Gasteiger partial charge in [0.05, 0.1) is 11.3 Å². The minimum atomic E-state index is -0.984. The van der Waals surface area contributed by atoms with E-state index in [2.05, 4.69) is 5.32 Å². The summed E-state index contributed by atoms with van der Waals surface area (Å²) in [6.45, 7) is 2.21. The van der Waals surface area contributed by atoms with Crippen LogP contribution in [0, 0.1) is 5.82 Å². The monoisotopic (exact) mass is 305 g/mol. The summed E-state index contributed by atoms with van der Waals surface area (Å²) in [6, 6.07) is 11.7. The van der Waals surface area contributed by atoms with Crippen molar-refractivity contribution in [2.24, 2.45) is 0 Å². The lowest BCUT2D eigenvalue weighted by Gasteiger charge is -2.13. The predicted molar refractivity (Wildman–Crippen MR) is 83.5 cm³/mol. The Labute approximate surface area is 127 Å². The van der Waals surface area contributed by atoms with E-state index >= 15 is 0 Å². The number of hydrogen-bond donors (Lipinski definition) is 2. The van der Waals surface area contributed by atoms with Crippen molar-refractivity contribution in [3.8, 4) is 0 Å². The molecule has 0 aliphatic rings. The molecule has 3 nitrogen and oxygen atoms in total. The van der Waals surface area contributed by atoms with E-state index < -0.39 is 5.97 Å². The van der Waals surface area contributed by atoms with Gasteiger partial charge in [-0.1, -0.05) is 31.2 Å². The second kappa shape index (κ2) is 7.13. The minimum absolute atomic E-state index is 0.237. The summed E-state index contributed by atoms with van der Waals surface area (Å²) in [5.41, 5.74) is 1.24. The molecule has 0 saturated heterocycles. The molecule has 2 aromatic carbocycles. The van der Waals surface area contributed by atoms with E-state index in [-0.39, 0.29) is 17.9 Å². The number of carboxylic acids is 1. The van der Waals surface area contributed by atoms with Crippen LogP contribution in [0.3, 0.4) is 0 Å². The smallest absolute Gasteiger partial charge is 0.338 e. The maximum Gasteiger partial charge on any atom is 0.338 e. The van der Waals surface area contributed by atoms with Crippen LogP contribution in [0.25, 0.3) is 0 Å². The summed E-state index contributed by atoms with van der Waals surface area (Å²) in [5.74, 6) is -0.500. The van der Waals surface area contributed by atoms with Gasteiger partial charge in [-0.15, -0.1) is 11.8 Å². The highest BCUT2D eigenvalue weighted by Crippen LogP contribution is 2.29. The van der Waals surface area contributed by atoms with Crippen molar-refractivity contribution in [3.63, 3.8) is 0 Å². The lowest BCUT2D eigenvalue weighted by Crippen LogP contribution is -2.08. The first-order valence-electron chi connectivity index (χ1n) is 6.60. The van der Waals surface area contributed by atoms with Crippen LogP contribution in [-0.2, 0) is 6.54 Å². The molecule has 2 rings (SSSR count). The van der Waals surface area contributed by atoms with Crippen molar-refractivity contribution in [1.82, 2.24) is 0 Å². The van der Waals surface area contributed by atoms with Gasteiger partial charge in [0.2, 0.25) is 0 Å². The average molecular weight is 305 g/mol. The topological polar surface area (TPSA) is 49.3 Å². The minimum Gasteiger partial charge on any atom is -0.478 e. The van der Waals surface area contributed by atoms with Crippen LogP contribution in [0.5, 0.6) is 0 Å². The fourth-order valence-corrected chi connectivity index (χ4v) is 2.83. The Morgan fingerprint density at radius 3 is 2.67 bits per heavy atom. The molecule has 21 heavy (non-hydrogen) atoms. The van der Waals surface area contributed by atoms with Gasteiger partial charge in [0.15, 0.2) is 0 Å². The van der Waals surface area contributed by atoms with Gasteiger partial charge in [0, 0.05) is 17.0 Å². The maximum absolute atomic E-state index is 13.6. The van der Waals surface area contributed by atoms with E-state index in [0.29, 0.717) is 16.1 Å². The molecule has 0 heterocycles. The number of nitrogens with one attached hydrogen (secondary N) is 1. The van der Waals surface area contributed by atoms with Crippen LogP contribution in [-0.4, -0.2) is 16.8 Å². The molecule has 110 valence electrons. The molecule has 0 radical (unpaired) electrons. The van der Waals surface area contributed by atoms with Crippen molar-refractivity contribution in [3.05, 3.63) is 59.4 Å². The Kier molecular flexibility index (Phi) is 5.22. The number of anilines is 1. The molecule has 2 aromatic rings. The molecule has 0 atom stereocenters. The lowest BCUT2D eigenvalue weighted by atomic mass is 10.1. The molecule has 0 saturated carbocycles. The van der Waals surface area contributed by atoms with E-state index in [0.717, 1.165) is 5.75 Å². The van der Waals surface area contributed by atoms with Gasteiger partial charge in [0.1, 0.15) is 5.82 Å². The maximum atomic E-state index is 13.6. The first kappa shape index (κ1) is 15.4. The number of halogens is 1. The molecule has 2 N–H and O–H groups in total. The summed E-state index contributed by atoms with van der Waals surface area (Å²) in [7, 11) is 0. The first-order chi connectivity index (χ1) is 10.1.